The molecule has 0 radical (unpaired) electrons. The van der Waals surface area contributed by atoms with Gasteiger partial charge >= 0.3 is 5.97 Å². The van der Waals surface area contributed by atoms with Crippen LogP contribution in [-0.4, -0.2) is 35.9 Å². The van der Waals surface area contributed by atoms with E-state index in [1.165, 1.54) is 12.0 Å². The molecule has 0 saturated heterocycles. The molecule has 1 aromatic carbocycles. The Morgan fingerprint density at radius 2 is 1.71 bits per heavy atom. The summed E-state index contributed by atoms with van der Waals surface area (Å²) in [5.74, 6) is -0.730. The van der Waals surface area contributed by atoms with Gasteiger partial charge in [0.25, 0.3) is 0 Å². The second kappa shape index (κ2) is 11.9. The van der Waals surface area contributed by atoms with Gasteiger partial charge in [0.2, 0.25) is 5.91 Å². The molecule has 1 atom stereocenters. The molecule has 28 heavy (non-hydrogen) atoms. The number of unbranched alkanes of at least 4 members (excludes halogenated alkanes) is 3. The van der Waals surface area contributed by atoms with Crippen LogP contribution in [-0.2, 0) is 19.1 Å². The number of carbonyl (C=O) groups is 3. The number of carbonyl (C=O) groups excluding carboxylic acids is 3. The van der Waals surface area contributed by atoms with Gasteiger partial charge in [-0.15, -0.1) is 0 Å². The third kappa shape index (κ3) is 6.66. The van der Waals surface area contributed by atoms with Crippen LogP contribution >= 0.6 is 11.8 Å². The van der Waals surface area contributed by atoms with E-state index in [0.29, 0.717) is 6.42 Å². The summed E-state index contributed by atoms with van der Waals surface area (Å²) in [4.78, 5) is 38.8. The van der Waals surface area contributed by atoms with E-state index in [0.717, 1.165) is 59.8 Å². The molecule has 1 aromatic rings. The molecule has 0 aliphatic carbocycles. The van der Waals surface area contributed by atoms with E-state index in [4.69, 9.17) is 4.74 Å². The molecule has 1 rings (SSSR count). The van der Waals surface area contributed by atoms with Crippen LogP contribution in [0.5, 0.6) is 0 Å². The molecule has 0 N–H and O–H groups in total. The minimum absolute atomic E-state index is 0.0147. The average Bonchev–Trinajstić information content (AvgIpc) is 2.68. The molecule has 6 heteroatoms. The van der Waals surface area contributed by atoms with Gasteiger partial charge in [0.05, 0.1) is 18.6 Å². The average molecular weight is 408 g/mol. The molecular formula is C22H33NO4S. The Bertz CT molecular complexity index is 702. The van der Waals surface area contributed by atoms with E-state index in [1.807, 2.05) is 32.9 Å². The van der Waals surface area contributed by atoms with Gasteiger partial charge in [0, 0.05) is 6.42 Å². The van der Waals surface area contributed by atoms with Crippen molar-refractivity contribution in [3.63, 3.8) is 0 Å². The first kappa shape index (κ1) is 24.2. The molecule has 0 heterocycles. The highest BCUT2D eigenvalue weighted by atomic mass is 32.2. The molecule has 0 spiro atoms. The standard InChI is InChI=1S/C22H33NO4S/c1-7-8-9-10-11-20(25)28-14-19(24)23(18(5)22(26)27-6)21-16(3)13-12-15(2)17(21)4/h12-13,18H,7-11,14H2,1-6H3/t18-/m0/s1. The molecule has 0 bridgehead atoms. The first-order chi connectivity index (χ1) is 13.2. The summed E-state index contributed by atoms with van der Waals surface area (Å²) >= 11 is 1.04. The summed E-state index contributed by atoms with van der Waals surface area (Å²) in [5, 5.41) is 0.0211. The first-order valence-corrected chi connectivity index (χ1v) is 10.8. The number of thioether (sulfide) groups is 1. The lowest BCUT2D eigenvalue weighted by molar-refractivity contribution is -0.142. The summed E-state index contributed by atoms with van der Waals surface area (Å²) < 4.78 is 4.87. The van der Waals surface area contributed by atoms with Gasteiger partial charge in [0.1, 0.15) is 6.04 Å². The smallest absolute Gasteiger partial charge is 0.328 e. The van der Waals surface area contributed by atoms with Crippen LogP contribution in [0.3, 0.4) is 0 Å². The van der Waals surface area contributed by atoms with Crippen molar-refractivity contribution < 1.29 is 19.1 Å². The van der Waals surface area contributed by atoms with Crippen LogP contribution in [0.15, 0.2) is 12.1 Å². The number of ether oxygens (including phenoxy) is 1. The van der Waals surface area contributed by atoms with E-state index in [-0.39, 0.29) is 16.8 Å². The minimum Gasteiger partial charge on any atom is -0.467 e. The molecule has 0 aliphatic heterocycles. The Morgan fingerprint density at radius 1 is 1.07 bits per heavy atom. The van der Waals surface area contributed by atoms with Crippen LogP contribution in [0, 0.1) is 20.8 Å². The molecular weight excluding hydrogens is 374 g/mol. The van der Waals surface area contributed by atoms with Crippen LogP contribution in [0.2, 0.25) is 0 Å². The van der Waals surface area contributed by atoms with Crippen molar-refractivity contribution in [3.05, 3.63) is 28.8 Å². The van der Waals surface area contributed by atoms with Gasteiger partial charge in [-0.3, -0.25) is 14.5 Å². The lowest BCUT2D eigenvalue weighted by Gasteiger charge is -2.31. The van der Waals surface area contributed by atoms with Crippen molar-refractivity contribution in [2.75, 3.05) is 17.8 Å². The normalized spacial score (nSPS) is 11.8. The highest BCUT2D eigenvalue weighted by Gasteiger charge is 2.30. The molecule has 5 nitrogen and oxygen atoms in total. The number of aryl methyl sites for hydroxylation is 2. The lowest BCUT2D eigenvalue weighted by atomic mass is 10.0. The monoisotopic (exact) mass is 407 g/mol. The summed E-state index contributed by atoms with van der Waals surface area (Å²) in [7, 11) is 1.31. The number of anilines is 1. The zero-order chi connectivity index (χ0) is 21.3. The van der Waals surface area contributed by atoms with Gasteiger partial charge in [-0.2, -0.15) is 0 Å². The number of nitrogens with zero attached hydrogens (tertiary/aromatic N) is 1. The summed E-state index contributed by atoms with van der Waals surface area (Å²) in [6.45, 7) is 9.61. The number of hydrogen-bond donors (Lipinski definition) is 0. The van der Waals surface area contributed by atoms with Crippen LogP contribution in [0.25, 0.3) is 0 Å². The van der Waals surface area contributed by atoms with E-state index < -0.39 is 12.0 Å². The minimum atomic E-state index is -0.767. The second-order valence-electron chi connectivity index (χ2n) is 7.11. The first-order valence-electron chi connectivity index (χ1n) is 9.86. The maximum absolute atomic E-state index is 13.0. The van der Waals surface area contributed by atoms with E-state index in [9.17, 15) is 14.4 Å². The fourth-order valence-electron chi connectivity index (χ4n) is 3.10. The summed E-state index contributed by atoms with van der Waals surface area (Å²) in [6.07, 6.45) is 4.60. The third-order valence-electron chi connectivity index (χ3n) is 4.93. The molecule has 0 saturated carbocycles. The van der Waals surface area contributed by atoms with Gasteiger partial charge in [-0.25, -0.2) is 4.79 Å². The molecule has 1 amide bonds. The lowest BCUT2D eigenvalue weighted by Crippen LogP contribution is -2.46. The SMILES string of the molecule is CCCCCCC(=O)SCC(=O)N(c1c(C)ccc(C)c1C)[C@@H](C)C(=O)OC. The van der Waals surface area contributed by atoms with Crippen molar-refractivity contribution in [2.45, 2.75) is 72.8 Å². The fraction of sp³-hybridized carbons (Fsp3) is 0.591. The molecule has 0 fully saturated rings. The fourth-order valence-corrected chi connectivity index (χ4v) is 3.81. The van der Waals surface area contributed by atoms with Gasteiger partial charge in [0.15, 0.2) is 5.12 Å². The zero-order valence-electron chi connectivity index (χ0n) is 18.0. The Labute approximate surface area is 173 Å². The summed E-state index contributed by atoms with van der Waals surface area (Å²) in [6, 6.07) is 3.17. The van der Waals surface area contributed by atoms with Gasteiger partial charge in [-0.05, 0) is 50.8 Å². The van der Waals surface area contributed by atoms with E-state index in [1.54, 1.807) is 6.92 Å². The van der Waals surface area contributed by atoms with Gasteiger partial charge < -0.3 is 4.74 Å². The molecule has 156 valence electrons. The molecule has 0 aliphatic rings. The second-order valence-corrected chi connectivity index (χ2v) is 8.14. The molecule has 0 aromatic heterocycles. The van der Waals surface area contributed by atoms with Crippen LogP contribution in [0.1, 0.15) is 62.6 Å². The Hall–Kier alpha value is -1.82. The molecule has 0 unspecified atom stereocenters. The quantitative estimate of drug-likeness (QED) is 0.414. The van der Waals surface area contributed by atoms with Crippen molar-refractivity contribution in [2.24, 2.45) is 0 Å². The van der Waals surface area contributed by atoms with Crippen LogP contribution in [0.4, 0.5) is 5.69 Å². The van der Waals surface area contributed by atoms with Crippen LogP contribution < -0.4 is 4.90 Å². The largest absolute Gasteiger partial charge is 0.467 e. The zero-order valence-corrected chi connectivity index (χ0v) is 18.8. The van der Waals surface area contributed by atoms with Crippen molar-refractivity contribution in [3.8, 4) is 0 Å². The van der Waals surface area contributed by atoms with Crippen molar-refractivity contribution in [1.29, 1.82) is 0 Å². The number of benzene rings is 1. The predicted octanol–water partition coefficient (Wildman–Crippen LogP) is 4.74. The Kier molecular flexibility index (Phi) is 10.3. The van der Waals surface area contributed by atoms with Gasteiger partial charge in [-0.1, -0.05) is 50.1 Å². The Morgan fingerprint density at radius 3 is 2.32 bits per heavy atom. The maximum atomic E-state index is 13.0. The number of rotatable bonds is 10. The van der Waals surface area contributed by atoms with E-state index in [2.05, 4.69) is 6.92 Å². The van der Waals surface area contributed by atoms with Crippen molar-refractivity contribution in [1.82, 2.24) is 0 Å². The highest BCUT2D eigenvalue weighted by molar-refractivity contribution is 8.14. The van der Waals surface area contributed by atoms with E-state index >= 15 is 0 Å². The maximum Gasteiger partial charge on any atom is 0.328 e. The summed E-state index contributed by atoms with van der Waals surface area (Å²) in [5.41, 5.74) is 3.61. The number of esters is 1. The Balaban J connectivity index is 2.98. The number of methoxy groups -OCH3 is 1. The highest BCUT2D eigenvalue weighted by Crippen LogP contribution is 2.30. The number of hydrogen-bond acceptors (Lipinski definition) is 5. The predicted molar refractivity (Wildman–Crippen MR) is 116 cm³/mol. The topological polar surface area (TPSA) is 63.7 Å². The van der Waals surface area contributed by atoms with Crippen molar-refractivity contribution >= 4 is 34.4 Å². The third-order valence-corrected chi connectivity index (χ3v) is 5.85. The number of amides is 1.